The summed E-state index contributed by atoms with van der Waals surface area (Å²) in [6.07, 6.45) is 0.957. The Balaban J connectivity index is 1.78. The summed E-state index contributed by atoms with van der Waals surface area (Å²) in [5, 5.41) is 3.95. The summed E-state index contributed by atoms with van der Waals surface area (Å²) in [4.78, 5) is 18.3. The number of amides is 1. The van der Waals surface area contributed by atoms with Crippen LogP contribution in [0.15, 0.2) is 48.5 Å². The van der Waals surface area contributed by atoms with Gasteiger partial charge in [0.1, 0.15) is 5.75 Å². The smallest absolute Gasteiger partial charge is 0.255 e. The number of carbonyl (C=O) groups is 1. The van der Waals surface area contributed by atoms with Gasteiger partial charge in [-0.15, -0.1) is 11.3 Å². The lowest BCUT2D eigenvalue weighted by Gasteiger charge is -2.08. The SMILES string of the molecule is CCc1sc(C)nc1-c1ccc(C(=O)Nc2cccc(OC)c2)cc1. The Morgan fingerprint density at radius 1 is 1.20 bits per heavy atom. The van der Waals surface area contributed by atoms with Crippen molar-refractivity contribution in [1.82, 2.24) is 4.98 Å². The third-order valence-electron chi connectivity index (χ3n) is 3.87. The van der Waals surface area contributed by atoms with E-state index in [1.54, 1.807) is 24.5 Å². The highest BCUT2D eigenvalue weighted by molar-refractivity contribution is 7.12. The zero-order valence-electron chi connectivity index (χ0n) is 14.5. The normalized spacial score (nSPS) is 10.5. The second kappa shape index (κ2) is 7.49. The molecule has 1 aromatic heterocycles. The van der Waals surface area contributed by atoms with Gasteiger partial charge >= 0.3 is 0 Å². The van der Waals surface area contributed by atoms with E-state index in [4.69, 9.17) is 4.74 Å². The second-order valence-corrected chi connectivity index (χ2v) is 6.91. The number of anilines is 1. The predicted octanol–water partition coefficient (Wildman–Crippen LogP) is 4.94. The van der Waals surface area contributed by atoms with Crippen molar-refractivity contribution in [2.24, 2.45) is 0 Å². The molecule has 0 spiro atoms. The van der Waals surface area contributed by atoms with Crippen LogP contribution < -0.4 is 10.1 Å². The van der Waals surface area contributed by atoms with Crippen molar-refractivity contribution in [2.75, 3.05) is 12.4 Å². The van der Waals surface area contributed by atoms with Gasteiger partial charge in [0.15, 0.2) is 0 Å². The van der Waals surface area contributed by atoms with E-state index in [0.717, 1.165) is 22.7 Å². The number of benzene rings is 2. The Kier molecular flexibility index (Phi) is 5.14. The minimum Gasteiger partial charge on any atom is -0.497 e. The molecule has 0 radical (unpaired) electrons. The summed E-state index contributed by atoms with van der Waals surface area (Å²) < 4.78 is 5.17. The number of hydrogen-bond acceptors (Lipinski definition) is 4. The molecule has 2 aromatic carbocycles. The van der Waals surface area contributed by atoms with Crippen LogP contribution in [0.4, 0.5) is 5.69 Å². The van der Waals surface area contributed by atoms with Gasteiger partial charge in [-0.1, -0.05) is 25.1 Å². The van der Waals surface area contributed by atoms with Crippen molar-refractivity contribution in [1.29, 1.82) is 0 Å². The van der Waals surface area contributed by atoms with Crippen LogP contribution in [0.3, 0.4) is 0 Å². The average molecular weight is 352 g/mol. The molecule has 1 amide bonds. The number of hydrogen-bond donors (Lipinski definition) is 1. The van der Waals surface area contributed by atoms with Crippen molar-refractivity contribution in [2.45, 2.75) is 20.3 Å². The monoisotopic (exact) mass is 352 g/mol. The molecule has 0 unspecified atom stereocenters. The first-order valence-electron chi connectivity index (χ1n) is 8.13. The fraction of sp³-hybridized carbons (Fsp3) is 0.200. The van der Waals surface area contributed by atoms with Crippen LogP contribution in [0.2, 0.25) is 0 Å². The predicted molar refractivity (Wildman–Crippen MR) is 103 cm³/mol. The van der Waals surface area contributed by atoms with Gasteiger partial charge in [-0.2, -0.15) is 0 Å². The summed E-state index contributed by atoms with van der Waals surface area (Å²) in [5.41, 5.74) is 3.37. The molecule has 0 fully saturated rings. The van der Waals surface area contributed by atoms with E-state index in [0.29, 0.717) is 17.0 Å². The van der Waals surface area contributed by atoms with Gasteiger partial charge in [0.05, 0.1) is 17.8 Å². The van der Waals surface area contributed by atoms with Crippen LogP contribution in [0.25, 0.3) is 11.3 Å². The van der Waals surface area contributed by atoms with Crippen LogP contribution in [0.1, 0.15) is 27.2 Å². The number of methoxy groups -OCH3 is 1. The molecule has 128 valence electrons. The minimum atomic E-state index is -0.148. The molecular weight excluding hydrogens is 332 g/mol. The van der Waals surface area contributed by atoms with Crippen LogP contribution in [-0.2, 0) is 6.42 Å². The third kappa shape index (κ3) is 3.88. The lowest BCUT2D eigenvalue weighted by Crippen LogP contribution is -2.11. The highest BCUT2D eigenvalue weighted by atomic mass is 32.1. The van der Waals surface area contributed by atoms with E-state index in [-0.39, 0.29) is 5.91 Å². The fourth-order valence-corrected chi connectivity index (χ4v) is 3.52. The Labute approximate surface area is 151 Å². The zero-order valence-corrected chi connectivity index (χ0v) is 15.3. The lowest BCUT2D eigenvalue weighted by atomic mass is 10.1. The van der Waals surface area contributed by atoms with Crippen LogP contribution in [0.5, 0.6) is 5.75 Å². The molecule has 1 heterocycles. The molecule has 3 rings (SSSR count). The maximum atomic E-state index is 12.4. The third-order valence-corrected chi connectivity index (χ3v) is 4.99. The minimum absolute atomic E-state index is 0.148. The van der Waals surface area contributed by atoms with Gasteiger partial charge in [-0.05, 0) is 37.6 Å². The number of carbonyl (C=O) groups excluding carboxylic acids is 1. The van der Waals surface area contributed by atoms with Crippen LogP contribution in [-0.4, -0.2) is 18.0 Å². The van der Waals surface area contributed by atoms with Crippen molar-refractivity contribution >= 4 is 22.9 Å². The number of nitrogens with one attached hydrogen (secondary N) is 1. The van der Waals surface area contributed by atoms with Gasteiger partial charge in [0.25, 0.3) is 5.91 Å². The summed E-state index contributed by atoms with van der Waals surface area (Å²) >= 11 is 1.72. The van der Waals surface area contributed by atoms with E-state index in [1.165, 1.54) is 4.88 Å². The van der Waals surface area contributed by atoms with Crippen LogP contribution >= 0.6 is 11.3 Å². The lowest BCUT2D eigenvalue weighted by molar-refractivity contribution is 0.102. The van der Waals surface area contributed by atoms with E-state index < -0.39 is 0 Å². The van der Waals surface area contributed by atoms with Crippen molar-refractivity contribution < 1.29 is 9.53 Å². The van der Waals surface area contributed by atoms with Crippen LogP contribution in [0, 0.1) is 6.92 Å². The number of aromatic nitrogens is 1. The molecule has 0 saturated heterocycles. The van der Waals surface area contributed by atoms with Gasteiger partial charge < -0.3 is 10.1 Å². The molecular formula is C20H20N2O2S. The van der Waals surface area contributed by atoms with Crippen molar-refractivity contribution in [3.8, 4) is 17.0 Å². The summed E-state index contributed by atoms with van der Waals surface area (Å²) in [6, 6.07) is 14.9. The second-order valence-electron chi connectivity index (χ2n) is 5.62. The van der Waals surface area contributed by atoms with Gasteiger partial charge in [0.2, 0.25) is 0 Å². The maximum Gasteiger partial charge on any atom is 0.255 e. The molecule has 0 saturated carbocycles. The van der Waals surface area contributed by atoms with Crippen molar-refractivity contribution in [3.05, 3.63) is 64.0 Å². The largest absolute Gasteiger partial charge is 0.497 e. The van der Waals surface area contributed by atoms with Crippen molar-refractivity contribution in [3.63, 3.8) is 0 Å². The van der Waals surface area contributed by atoms with E-state index in [9.17, 15) is 4.79 Å². The molecule has 0 aliphatic carbocycles. The van der Waals surface area contributed by atoms with E-state index >= 15 is 0 Å². The first-order valence-corrected chi connectivity index (χ1v) is 8.94. The maximum absolute atomic E-state index is 12.4. The number of aryl methyl sites for hydroxylation is 2. The molecule has 4 nitrogen and oxygen atoms in total. The molecule has 3 aromatic rings. The molecule has 0 aliphatic rings. The number of ether oxygens (including phenoxy) is 1. The average Bonchev–Trinajstić information content (AvgIpc) is 3.03. The highest BCUT2D eigenvalue weighted by Crippen LogP contribution is 2.28. The molecule has 1 N–H and O–H groups in total. The molecule has 0 atom stereocenters. The highest BCUT2D eigenvalue weighted by Gasteiger charge is 2.11. The van der Waals surface area contributed by atoms with Gasteiger partial charge in [0, 0.05) is 27.8 Å². The topological polar surface area (TPSA) is 51.2 Å². The summed E-state index contributed by atoms with van der Waals surface area (Å²) in [6.45, 7) is 4.15. The Morgan fingerprint density at radius 3 is 2.64 bits per heavy atom. The zero-order chi connectivity index (χ0) is 17.8. The fourth-order valence-electron chi connectivity index (χ4n) is 2.62. The quantitative estimate of drug-likeness (QED) is 0.707. The summed E-state index contributed by atoms with van der Waals surface area (Å²) in [5.74, 6) is 0.559. The Hall–Kier alpha value is -2.66. The van der Waals surface area contributed by atoms with E-state index in [2.05, 4.69) is 17.2 Å². The molecule has 25 heavy (non-hydrogen) atoms. The van der Waals surface area contributed by atoms with Gasteiger partial charge in [-0.3, -0.25) is 4.79 Å². The first kappa shape index (κ1) is 17.2. The molecule has 0 aliphatic heterocycles. The standard InChI is InChI=1S/C20H20N2O2S/c1-4-18-19(21-13(2)25-18)14-8-10-15(11-9-14)20(23)22-16-6-5-7-17(12-16)24-3/h5-12H,4H2,1-3H3,(H,22,23). The Morgan fingerprint density at radius 2 is 1.96 bits per heavy atom. The van der Waals surface area contributed by atoms with E-state index in [1.807, 2.05) is 49.4 Å². The molecule has 0 bridgehead atoms. The number of rotatable bonds is 5. The number of thiazole rings is 1. The Bertz CT molecular complexity index is 885. The molecule has 5 heteroatoms. The first-order chi connectivity index (χ1) is 12.1. The summed E-state index contributed by atoms with van der Waals surface area (Å²) in [7, 11) is 1.60. The van der Waals surface area contributed by atoms with Gasteiger partial charge in [-0.25, -0.2) is 4.98 Å². The number of nitrogens with zero attached hydrogens (tertiary/aromatic N) is 1.